The second-order valence-electron chi connectivity index (χ2n) is 3.84. The molecule has 1 N–H and O–H groups in total. The Kier molecular flexibility index (Phi) is 3.71. The molecule has 19 heavy (non-hydrogen) atoms. The molecular weight excluding hydrogens is 271 g/mol. The Labute approximate surface area is 114 Å². The smallest absolute Gasteiger partial charge is 0.336 e. The van der Waals surface area contributed by atoms with Crippen LogP contribution in [0.1, 0.15) is 10.4 Å². The second-order valence-corrected chi connectivity index (χ2v) is 4.25. The van der Waals surface area contributed by atoms with Gasteiger partial charge in [-0.1, -0.05) is 17.7 Å². The molecule has 0 atom stereocenters. The summed E-state index contributed by atoms with van der Waals surface area (Å²) in [7, 11) is 1.45. The van der Waals surface area contributed by atoms with Crippen LogP contribution in [-0.4, -0.2) is 18.2 Å². The molecule has 0 saturated carbocycles. The van der Waals surface area contributed by atoms with Crippen LogP contribution in [-0.2, 0) is 0 Å². The highest BCUT2D eigenvalue weighted by atomic mass is 35.5. The zero-order valence-corrected chi connectivity index (χ0v) is 10.7. The van der Waals surface area contributed by atoms with Crippen molar-refractivity contribution in [3.8, 4) is 16.9 Å². The van der Waals surface area contributed by atoms with Crippen LogP contribution >= 0.6 is 11.6 Å². The predicted octanol–water partition coefficient (Wildman–Crippen LogP) is 3.85. The van der Waals surface area contributed by atoms with Crippen LogP contribution in [0.25, 0.3) is 11.1 Å². The van der Waals surface area contributed by atoms with E-state index in [0.29, 0.717) is 16.3 Å². The summed E-state index contributed by atoms with van der Waals surface area (Å²) in [5.74, 6) is -1.22. The van der Waals surface area contributed by atoms with Crippen molar-refractivity contribution in [2.24, 2.45) is 0 Å². The molecule has 2 rings (SSSR count). The van der Waals surface area contributed by atoms with Gasteiger partial charge < -0.3 is 9.84 Å². The molecule has 0 unspecified atom stereocenters. The topological polar surface area (TPSA) is 46.5 Å². The predicted molar refractivity (Wildman–Crippen MR) is 70.4 cm³/mol. The van der Waals surface area contributed by atoms with Crippen molar-refractivity contribution in [3.05, 3.63) is 52.8 Å². The van der Waals surface area contributed by atoms with Crippen LogP contribution in [0, 0.1) is 5.82 Å². The maximum absolute atomic E-state index is 13.3. The van der Waals surface area contributed by atoms with Crippen LogP contribution in [0.5, 0.6) is 5.75 Å². The lowest BCUT2D eigenvalue weighted by atomic mass is 9.99. The van der Waals surface area contributed by atoms with E-state index in [1.807, 2.05) is 0 Å². The molecule has 0 bridgehead atoms. The number of halogens is 2. The Morgan fingerprint density at radius 2 is 2.00 bits per heavy atom. The van der Waals surface area contributed by atoms with Crippen molar-refractivity contribution in [2.45, 2.75) is 0 Å². The third kappa shape index (κ3) is 2.69. The normalized spacial score (nSPS) is 10.3. The van der Waals surface area contributed by atoms with Crippen molar-refractivity contribution < 1.29 is 19.0 Å². The molecule has 0 fully saturated rings. The fourth-order valence-electron chi connectivity index (χ4n) is 1.77. The van der Waals surface area contributed by atoms with E-state index >= 15 is 0 Å². The lowest BCUT2D eigenvalue weighted by molar-refractivity contribution is 0.0697. The van der Waals surface area contributed by atoms with Crippen LogP contribution in [0.4, 0.5) is 4.39 Å². The van der Waals surface area contributed by atoms with E-state index in [1.54, 1.807) is 18.2 Å². The van der Waals surface area contributed by atoms with Gasteiger partial charge >= 0.3 is 5.97 Å². The first-order chi connectivity index (χ1) is 9.02. The highest BCUT2D eigenvalue weighted by Crippen LogP contribution is 2.32. The molecule has 5 heteroatoms. The van der Waals surface area contributed by atoms with Crippen molar-refractivity contribution in [3.63, 3.8) is 0 Å². The van der Waals surface area contributed by atoms with Gasteiger partial charge in [0.2, 0.25) is 0 Å². The average Bonchev–Trinajstić information content (AvgIpc) is 2.38. The van der Waals surface area contributed by atoms with Gasteiger partial charge in [-0.15, -0.1) is 0 Å². The van der Waals surface area contributed by atoms with Crippen LogP contribution in [0.2, 0.25) is 5.02 Å². The standard InChI is InChI=1S/C14H10ClFO3/c1-19-13-6-8(2-5-12(13)15)11-7-9(16)3-4-10(11)14(17)18/h2-7H,1H3,(H,17,18). The molecule has 0 spiro atoms. The Hall–Kier alpha value is -2.07. The van der Waals surface area contributed by atoms with E-state index in [4.69, 9.17) is 21.4 Å². The second kappa shape index (κ2) is 5.28. The molecule has 0 aromatic heterocycles. The lowest BCUT2D eigenvalue weighted by Gasteiger charge is -2.09. The molecule has 98 valence electrons. The maximum Gasteiger partial charge on any atom is 0.336 e. The maximum atomic E-state index is 13.3. The molecular formula is C14H10ClFO3. The van der Waals surface area contributed by atoms with Gasteiger partial charge in [-0.25, -0.2) is 9.18 Å². The molecule has 0 heterocycles. The highest BCUT2D eigenvalue weighted by Gasteiger charge is 2.14. The molecule has 0 saturated heterocycles. The number of carbonyl (C=O) groups is 1. The Morgan fingerprint density at radius 3 is 2.63 bits per heavy atom. The Balaban J connectivity index is 2.64. The number of carboxylic acids is 1. The van der Waals surface area contributed by atoms with Crippen molar-refractivity contribution in [1.29, 1.82) is 0 Å². The van der Waals surface area contributed by atoms with E-state index in [-0.39, 0.29) is 11.1 Å². The van der Waals surface area contributed by atoms with Crippen LogP contribution in [0.3, 0.4) is 0 Å². The summed E-state index contributed by atoms with van der Waals surface area (Å²) < 4.78 is 18.4. The summed E-state index contributed by atoms with van der Waals surface area (Å²) in [5, 5.41) is 9.52. The van der Waals surface area contributed by atoms with Crippen molar-refractivity contribution >= 4 is 17.6 Å². The Bertz CT molecular complexity index is 641. The number of ether oxygens (including phenoxy) is 1. The molecule has 3 nitrogen and oxygen atoms in total. The fourth-order valence-corrected chi connectivity index (χ4v) is 1.96. The van der Waals surface area contributed by atoms with Gasteiger partial charge in [0.25, 0.3) is 0 Å². The summed E-state index contributed by atoms with van der Waals surface area (Å²) in [6.07, 6.45) is 0. The SMILES string of the molecule is COc1cc(-c2cc(F)ccc2C(=O)O)ccc1Cl. The first-order valence-electron chi connectivity index (χ1n) is 5.39. The number of rotatable bonds is 3. The van der Waals surface area contributed by atoms with E-state index in [9.17, 15) is 9.18 Å². The zero-order valence-electron chi connectivity index (χ0n) is 9.98. The van der Waals surface area contributed by atoms with Gasteiger partial charge in [-0.2, -0.15) is 0 Å². The Morgan fingerprint density at radius 1 is 1.26 bits per heavy atom. The number of hydrogen-bond donors (Lipinski definition) is 1. The molecule has 0 radical (unpaired) electrons. The quantitative estimate of drug-likeness (QED) is 0.929. The largest absolute Gasteiger partial charge is 0.495 e. The summed E-state index contributed by atoms with van der Waals surface area (Å²) in [6, 6.07) is 8.28. The average molecular weight is 281 g/mol. The minimum absolute atomic E-state index is 0.0192. The van der Waals surface area contributed by atoms with E-state index < -0.39 is 11.8 Å². The van der Waals surface area contributed by atoms with Gasteiger partial charge in [0.05, 0.1) is 17.7 Å². The molecule has 0 aliphatic carbocycles. The monoisotopic (exact) mass is 280 g/mol. The van der Waals surface area contributed by atoms with Gasteiger partial charge in [-0.05, 0) is 41.5 Å². The minimum Gasteiger partial charge on any atom is -0.495 e. The summed E-state index contributed by atoms with van der Waals surface area (Å²) >= 11 is 5.90. The highest BCUT2D eigenvalue weighted by molar-refractivity contribution is 6.32. The first-order valence-corrected chi connectivity index (χ1v) is 5.77. The number of methoxy groups -OCH3 is 1. The molecule has 2 aromatic rings. The fraction of sp³-hybridized carbons (Fsp3) is 0.0714. The third-order valence-corrected chi connectivity index (χ3v) is 2.99. The van der Waals surface area contributed by atoms with Crippen molar-refractivity contribution in [2.75, 3.05) is 7.11 Å². The summed E-state index contributed by atoms with van der Waals surface area (Å²) in [6.45, 7) is 0. The number of benzene rings is 2. The summed E-state index contributed by atoms with van der Waals surface area (Å²) in [5.41, 5.74) is 0.825. The first kappa shape index (κ1) is 13.4. The summed E-state index contributed by atoms with van der Waals surface area (Å²) in [4.78, 5) is 11.1. The molecule has 0 aliphatic heterocycles. The van der Waals surface area contributed by atoms with Gasteiger partial charge in [0.15, 0.2) is 0 Å². The van der Waals surface area contributed by atoms with Gasteiger partial charge in [0, 0.05) is 0 Å². The minimum atomic E-state index is -1.12. The lowest BCUT2D eigenvalue weighted by Crippen LogP contribution is -2.00. The van der Waals surface area contributed by atoms with E-state index in [0.717, 1.165) is 6.07 Å². The number of hydrogen-bond acceptors (Lipinski definition) is 2. The van der Waals surface area contributed by atoms with Gasteiger partial charge in [0.1, 0.15) is 11.6 Å². The molecule has 2 aromatic carbocycles. The number of aromatic carboxylic acids is 1. The van der Waals surface area contributed by atoms with E-state index in [2.05, 4.69) is 0 Å². The van der Waals surface area contributed by atoms with Crippen molar-refractivity contribution in [1.82, 2.24) is 0 Å². The van der Waals surface area contributed by atoms with E-state index in [1.165, 1.54) is 19.2 Å². The van der Waals surface area contributed by atoms with Crippen LogP contribution in [0.15, 0.2) is 36.4 Å². The molecule has 0 amide bonds. The molecule has 0 aliphatic rings. The third-order valence-electron chi connectivity index (χ3n) is 2.67. The number of carboxylic acid groups (broad SMARTS) is 1. The zero-order chi connectivity index (χ0) is 14.0. The van der Waals surface area contributed by atoms with Crippen LogP contribution < -0.4 is 4.74 Å². The van der Waals surface area contributed by atoms with Gasteiger partial charge in [-0.3, -0.25) is 0 Å².